The van der Waals surface area contributed by atoms with E-state index < -0.39 is 11.7 Å². The van der Waals surface area contributed by atoms with Gasteiger partial charge < -0.3 is 9.47 Å². The summed E-state index contributed by atoms with van der Waals surface area (Å²) >= 11 is 0. The van der Waals surface area contributed by atoms with Gasteiger partial charge in [-0.2, -0.15) is 0 Å². The first-order valence-electron chi connectivity index (χ1n) is 6.49. The van der Waals surface area contributed by atoms with Crippen molar-refractivity contribution in [3.05, 3.63) is 29.3 Å². The van der Waals surface area contributed by atoms with Crippen molar-refractivity contribution in [2.24, 2.45) is 0 Å². The molecule has 5 nitrogen and oxygen atoms in total. The second kappa shape index (κ2) is 4.81. The van der Waals surface area contributed by atoms with E-state index in [1.165, 1.54) is 0 Å². The van der Waals surface area contributed by atoms with Gasteiger partial charge in [0.25, 0.3) is 5.91 Å². The number of carbonyl (C=O) groups excluding carboxylic acids is 2. The Balaban J connectivity index is 2.32. The standard InChI is InChI=1S/C15H19NO4/c1-9-12-8-10(19-5)6-7-11(12)13(17)16(9)14(18)20-15(2,3)4/h6-9H,1-5H3. The average molecular weight is 277 g/mol. The summed E-state index contributed by atoms with van der Waals surface area (Å²) in [6, 6.07) is 4.81. The van der Waals surface area contributed by atoms with Gasteiger partial charge in [0.15, 0.2) is 0 Å². The third kappa shape index (κ3) is 2.48. The molecule has 5 heteroatoms. The quantitative estimate of drug-likeness (QED) is 0.791. The summed E-state index contributed by atoms with van der Waals surface area (Å²) in [5.41, 5.74) is 0.660. The summed E-state index contributed by atoms with van der Waals surface area (Å²) < 4.78 is 10.4. The van der Waals surface area contributed by atoms with Gasteiger partial charge in [-0.05, 0) is 51.5 Å². The smallest absolute Gasteiger partial charge is 0.417 e. The first-order valence-corrected chi connectivity index (χ1v) is 6.49. The maximum absolute atomic E-state index is 12.3. The van der Waals surface area contributed by atoms with Gasteiger partial charge in [0.05, 0.1) is 13.2 Å². The number of benzene rings is 1. The van der Waals surface area contributed by atoms with E-state index in [-0.39, 0.29) is 11.9 Å². The Morgan fingerprint density at radius 1 is 1.30 bits per heavy atom. The minimum Gasteiger partial charge on any atom is -0.497 e. The molecule has 1 atom stereocenters. The van der Waals surface area contributed by atoms with Gasteiger partial charge in [-0.3, -0.25) is 4.79 Å². The van der Waals surface area contributed by atoms with Crippen LogP contribution in [-0.2, 0) is 4.74 Å². The maximum atomic E-state index is 12.3. The second-order valence-electron chi connectivity index (χ2n) is 5.78. The number of hydrogen-bond donors (Lipinski definition) is 0. The average Bonchev–Trinajstić information content (AvgIpc) is 2.59. The molecule has 1 aromatic carbocycles. The molecule has 1 aliphatic rings. The highest BCUT2D eigenvalue weighted by atomic mass is 16.6. The fraction of sp³-hybridized carbons (Fsp3) is 0.467. The third-order valence-electron chi connectivity index (χ3n) is 3.14. The number of methoxy groups -OCH3 is 1. The lowest BCUT2D eigenvalue weighted by atomic mass is 10.1. The lowest BCUT2D eigenvalue weighted by Gasteiger charge is -2.25. The summed E-state index contributed by atoms with van der Waals surface area (Å²) in [5, 5.41) is 0. The van der Waals surface area contributed by atoms with Crippen LogP contribution in [0.3, 0.4) is 0 Å². The van der Waals surface area contributed by atoms with E-state index in [4.69, 9.17) is 9.47 Å². The van der Waals surface area contributed by atoms with E-state index in [0.29, 0.717) is 11.3 Å². The van der Waals surface area contributed by atoms with Crippen LogP contribution < -0.4 is 4.74 Å². The number of ether oxygens (including phenoxy) is 2. The van der Waals surface area contributed by atoms with E-state index in [9.17, 15) is 9.59 Å². The van der Waals surface area contributed by atoms with Gasteiger partial charge in [0.2, 0.25) is 0 Å². The third-order valence-corrected chi connectivity index (χ3v) is 3.14. The fourth-order valence-corrected chi connectivity index (χ4v) is 2.21. The van der Waals surface area contributed by atoms with Crippen LogP contribution in [0.1, 0.15) is 49.7 Å². The topological polar surface area (TPSA) is 55.8 Å². The molecule has 20 heavy (non-hydrogen) atoms. The van der Waals surface area contributed by atoms with Crippen molar-refractivity contribution in [3.8, 4) is 5.75 Å². The maximum Gasteiger partial charge on any atom is 0.417 e. The molecule has 2 rings (SSSR count). The Morgan fingerprint density at radius 2 is 1.95 bits per heavy atom. The lowest BCUT2D eigenvalue weighted by molar-refractivity contribution is 0.0203. The Hall–Kier alpha value is -2.04. The van der Waals surface area contributed by atoms with E-state index in [0.717, 1.165) is 10.5 Å². The number of amides is 2. The van der Waals surface area contributed by atoms with Crippen LogP contribution in [0.5, 0.6) is 5.75 Å². The lowest BCUT2D eigenvalue weighted by Crippen LogP contribution is -2.38. The number of fused-ring (bicyclic) bond motifs is 1. The Labute approximate surface area is 118 Å². The predicted molar refractivity (Wildman–Crippen MR) is 73.8 cm³/mol. The highest BCUT2D eigenvalue weighted by Gasteiger charge is 2.40. The summed E-state index contributed by atoms with van der Waals surface area (Å²) in [5.74, 6) is 0.332. The predicted octanol–water partition coefficient (Wildman–Crippen LogP) is 3.15. The molecule has 0 radical (unpaired) electrons. The van der Waals surface area contributed by atoms with Crippen LogP contribution in [0.15, 0.2) is 18.2 Å². The summed E-state index contributed by atoms with van der Waals surface area (Å²) in [4.78, 5) is 25.6. The number of imide groups is 1. The van der Waals surface area contributed by atoms with Crippen LogP contribution in [-0.4, -0.2) is 29.6 Å². The van der Waals surface area contributed by atoms with Gasteiger partial charge in [0, 0.05) is 5.56 Å². The molecule has 0 aliphatic carbocycles. The molecule has 1 heterocycles. The molecule has 2 amide bonds. The summed E-state index contributed by atoms with van der Waals surface area (Å²) in [7, 11) is 1.56. The summed E-state index contributed by atoms with van der Waals surface area (Å²) in [6.07, 6.45) is -0.620. The zero-order chi connectivity index (χ0) is 15.1. The van der Waals surface area contributed by atoms with E-state index >= 15 is 0 Å². The SMILES string of the molecule is COc1ccc2c(c1)C(C)N(C(=O)OC(C)(C)C)C2=O. The van der Waals surface area contributed by atoms with Crippen LogP contribution in [0.4, 0.5) is 4.79 Å². The molecule has 1 aliphatic heterocycles. The molecular weight excluding hydrogens is 258 g/mol. The van der Waals surface area contributed by atoms with Crippen molar-refractivity contribution in [2.75, 3.05) is 7.11 Å². The molecular formula is C15H19NO4. The van der Waals surface area contributed by atoms with Crippen LogP contribution in [0, 0.1) is 0 Å². The molecule has 108 valence electrons. The highest BCUT2D eigenvalue weighted by molar-refractivity contribution is 6.07. The summed E-state index contributed by atoms with van der Waals surface area (Å²) in [6.45, 7) is 7.11. The normalized spacial score (nSPS) is 17.9. The van der Waals surface area contributed by atoms with Gasteiger partial charge >= 0.3 is 6.09 Å². The molecule has 0 bridgehead atoms. The molecule has 0 spiro atoms. The number of hydrogen-bond acceptors (Lipinski definition) is 4. The van der Waals surface area contributed by atoms with Gasteiger partial charge in [0.1, 0.15) is 11.4 Å². The molecule has 0 saturated carbocycles. The molecule has 1 aromatic rings. The van der Waals surface area contributed by atoms with Crippen LogP contribution >= 0.6 is 0 Å². The number of nitrogens with zero attached hydrogens (tertiary/aromatic N) is 1. The largest absolute Gasteiger partial charge is 0.497 e. The zero-order valence-corrected chi connectivity index (χ0v) is 12.4. The van der Waals surface area contributed by atoms with Crippen molar-refractivity contribution in [1.82, 2.24) is 4.90 Å². The van der Waals surface area contributed by atoms with Crippen LogP contribution in [0.2, 0.25) is 0 Å². The first kappa shape index (κ1) is 14.4. The Bertz CT molecular complexity index is 559. The first-order chi connectivity index (χ1) is 9.24. The van der Waals surface area contributed by atoms with E-state index in [1.54, 1.807) is 53.0 Å². The Morgan fingerprint density at radius 3 is 2.50 bits per heavy atom. The van der Waals surface area contributed by atoms with Gasteiger partial charge in [-0.1, -0.05) is 0 Å². The van der Waals surface area contributed by atoms with Crippen molar-refractivity contribution in [3.63, 3.8) is 0 Å². The van der Waals surface area contributed by atoms with Gasteiger partial charge in [-0.25, -0.2) is 9.69 Å². The molecule has 0 aromatic heterocycles. The van der Waals surface area contributed by atoms with Crippen molar-refractivity contribution < 1.29 is 19.1 Å². The van der Waals surface area contributed by atoms with Crippen molar-refractivity contribution in [2.45, 2.75) is 39.3 Å². The number of rotatable bonds is 1. The monoisotopic (exact) mass is 277 g/mol. The van der Waals surface area contributed by atoms with Gasteiger partial charge in [-0.15, -0.1) is 0 Å². The van der Waals surface area contributed by atoms with Crippen LogP contribution in [0.25, 0.3) is 0 Å². The molecule has 0 N–H and O–H groups in total. The fourth-order valence-electron chi connectivity index (χ4n) is 2.21. The molecule has 1 unspecified atom stereocenters. The number of carbonyl (C=O) groups is 2. The Kier molecular flexibility index (Phi) is 3.46. The highest BCUT2D eigenvalue weighted by Crippen LogP contribution is 2.36. The van der Waals surface area contributed by atoms with E-state index in [1.807, 2.05) is 0 Å². The van der Waals surface area contributed by atoms with Crippen molar-refractivity contribution >= 4 is 12.0 Å². The van der Waals surface area contributed by atoms with Crippen molar-refractivity contribution in [1.29, 1.82) is 0 Å². The van der Waals surface area contributed by atoms with E-state index in [2.05, 4.69) is 0 Å². The second-order valence-corrected chi connectivity index (χ2v) is 5.78. The molecule has 0 saturated heterocycles. The molecule has 0 fully saturated rings. The minimum absolute atomic E-state index is 0.329. The zero-order valence-electron chi connectivity index (χ0n) is 12.4. The minimum atomic E-state index is -0.635.